The molecule has 1 spiro atoms. The number of piperidine rings is 1. The van der Waals surface area contributed by atoms with Crippen LogP contribution in [0.25, 0.3) is 10.9 Å². The van der Waals surface area contributed by atoms with Gasteiger partial charge in [0.15, 0.2) is 0 Å². The maximum absolute atomic E-state index is 13.3. The number of rotatable bonds is 3. The third-order valence-corrected chi connectivity index (χ3v) is 6.14. The van der Waals surface area contributed by atoms with Gasteiger partial charge >= 0.3 is 0 Å². The SMILES string of the molecule is O=C(c1ccc2ccccc2n1)N1CCC[C@]2(COCCN(Cc3cn[nH]n3)C2)C1. The van der Waals surface area contributed by atoms with Crippen LogP contribution in [-0.4, -0.2) is 75.5 Å². The van der Waals surface area contributed by atoms with Crippen molar-refractivity contribution in [2.24, 2.45) is 5.41 Å². The number of carbonyl (C=O) groups is 1. The Morgan fingerprint density at radius 3 is 3.00 bits per heavy atom. The Kier molecular flexibility index (Phi) is 5.18. The minimum absolute atomic E-state index is 0.00660. The number of para-hydroxylation sites is 1. The summed E-state index contributed by atoms with van der Waals surface area (Å²) in [4.78, 5) is 22.2. The molecular weight excluding hydrogens is 380 g/mol. The van der Waals surface area contributed by atoms with Crippen molar-refractivity contribution in [1.29, 1.82) is 0 Å². The van der Waals surface area contributed by atoms with Crippen LogP contribution in [0.1, 0.15) is 29.0 Å². The Morgan fingerprint density at radius 2 is 2.10 bits per heavy atom. The third-order valence-electron chi connectivity index (χ3n) is 6.14. The van der Waals surface area contributed by atoms with E-state index in [0.717, 1.165) is 55.6 Å². The standard InChI is InChI=1S/C22H26N6O2/c29-21(20-7-6-17-4-1-2-5-19(17)24-20)28-9-3-8-22(15-28)14-27(10-11-30-16-22)13-18-12-23-26-25-18/h1-2,4-7,12H,3,8-11,13-16H2,(H,23,25,26)/t22-/m1/s1. The van der Waals surface area contributed by atoms with E-state index in [1.165, 1.54) is 0 Å². The lowest BCUT2D eigenvalue weighted by molar-refractivity contribution is 0.00668. The Labute approximate surface area is 175 Å². The molecule has 8 heteroatoms. The number of ether oxygens (including phenoxy) is 1. The lowest BCUT2D eigenvalue weighted by Gasteiger charge is -2.43. The van der Waals surface area contributed by atoms with Crippen molar-refractivity contribution >= 4 is 16.8 Å². The predicted octanol–water partition coefficient (Wildman–Crippen LogP) is 2.11. The van der Waals surface area contributed by atoms with Gasteiger partial charge in [0.1, 0.15) is 5.69 Å². The number of amides is 1. The summed E-state index contributed by atoms with van der Waals surface area (Å²) in [6.07, 6.45) is 3.79. The highest BCUT2D eigenvalue weighted by atomic mass is 16.5. The number of aromatic nitrogens is 4. The van der Waals surface area contributed by atoms with Gasteiger partial charge in [0.25, 0.3) is 5.91 Å². The number of pyridine rings is 1. The van der Waals surface area contributed by atoms with Crippen LogP contribution in [-0.2, 0) is 11.3 Å². The second kappa shape index (κ2) is 8.12. The van der Waals surface area contributed by atoms with Crippen LogP contribution in [0.5, 0.6) is 0 Å². The summed E-state index contributed by atoms with van der Waals surface area (Å²) in [5, 5.41) is 11.8. The molecule has 5 rings (SSSR count). The minimum atomic E-state index is -0.0645. The van der Waals surface area contributed by atoms with Gasteiger partial charge in [-0.1, -0.05) is 24.3 Å². The van der Waals surface area contributed by atoms with Gasteiger partial charge in [-0.05, 0) is 25.0 Å². The molecule has 4 heterocycles. The first-order valence-electron chi connectivity index (χ1n) is 10.5. The summed E-state index contributed by atoms with van der Waals surface area (Å²) in [5.74, 6) is 0.00660. The van der Waals surface area contributed by atoms with Gasteiger partial charge in [-0.25, -0.2) is 4.98 Å². The minimum Gasteiger partial charge on any atom is -0.379 e. The quantitative estimate of drug-likeness (QED) is 0.717. The second-order valence-corrected chi connectivity index (χ2v) is 8.44. The van der Waals surface area contributed by atoms with Crippen LogP contribution in [0.2, 0.25) is 0 Å². The topological polar surface area (TPSA) is 87.2 Å². The van der Waals surface area contributed by atoms with Gasteiger partial charge in [0, 0.05) is 43.5 Å². The maximum Gasteiger partial charge on any atom is 0.272 e. The van der Waals surface area contributed by atoms with Crippen molar-refractivity contribution in [2.45, 2.75) is 19.4 Å². The average Bonchev–Trinajstić information content (AvgIpc) is 3.21. The van der Waals surface area contributed by atoms with Gasteiger partial charge in [0.2, 0.25) is 0 Å². The second-order valence-electron chi connectivity index (χ2n) is 8.44. The van der Waals surface area contributed by atoms with Crippen LogP contribution < -0.4 is 0 Å². The van der Waals surface area contributed by atoms with Crippen molar-refractivity contribution in [3.8, 4) is 0 Å². The molecule has 2 saturated heterocycles. The van der Waals surface area contributed by atoms with Crippen LogP contribution >= 0.6 is 0 Å². The predicted molar refractivity (Wildman–Crippen MR) is 112 cm³/mol. The smallest absolute Gasteiger partial charge is 0.272 e. The molecule has 0 unspecified atom stereocenters. The fourth-order valence-corrected chi connectivity index (χ4v) is 4.72. The number of fused-ring (bicyclic) bond motifs is 1. The first-order valence-corrected chi connectivity index (χ1v) is 10.5. The van der Waals surface area contributed by atoms with Gasteiger partial charge in [-0.3, -0.25) is 9.69 Å². The molecule has 2 fully saturated rings. The van der Waals surface area contributed by atoms with Crippen molar-refractivity contribution in [2.75, 3.05) is 39.4 Å². The Morgan fingerprint density at radius 1 is 1.17 bits per heavy atom. The number of hydrogen-bond acceptors (Lipinski definition) is 6. The number of nitrogens with one attached hydrogen (secondary N) is 1. The van der Waals surface area contributed by atoms with E-state index >= 15 is 0 Å². The molecule has 0 saturated carbocycles. The lowest BCUT2D eigenvalue weighted by Crippen LogP contribution is -2.52. The van der Waals surface area contributed by atoms with E-state index in [1.807, 2.05) is 41.3 Å². The van der Waals surface area contributed by atoms with Crippen molar-refractivity contribution in [1.82, 2.24) is 30.2 Å². The fraction of sp³-hybridized carbons (Fsp3) is 0.455. The number of H-pyrrole nitrogens is 1. The molecule has 3 aromatic rings. The van der Waals surface area contributed by atoms with Crippen LogP contribution in [0.4, 0.5) is 0 Å². The Bertz CT molecular complexity index is 1020. The highest BCUT2D eigenvalue weighted by Crippen LogP contribution is 2.34. The molecule has 1 atom stereocenters. The number of likely N-dealkylation sites (tertiary alicyclic amines) is 1. The van der Waals surface area contributed by atoms with Gasteiger partial charge in [-0.15, -0.1) is 0 Å². The van der Waals surface area contributed by atoms with Gasteiger partial charge < -0.3 is 9.64 Å². The molecule has 8 nitrogen and oxygen atoms in total. The summed E-state index contributed by atoms with van der Waals surface area (Å²) in [6, 6.07) is 11.7. The molecule has 30 heavy (non-hydrogen) atoms. The fourth-order valence-electron chi connectivity index (χ4n) is 4.72. The number of benzene rings is 1. The zero-order valence-electron chi connectivity index (χ0n) is 17.0. The summed E-state index contributed by atoms with van der Waals surface area (Å²) >= 11 is 0. The molecule has 0 bridgehead atoms. The highest BCUT2D eigenvalue weighted by molar-refractivity contribution is 5.95. The van der Waals surface area contributed by atoms with E-state index in [9.17, 15) is 4.79 Å². The summed E-state index contributed by atoms with van der Waals surface area (Å²) in [7, 11) is 0. The van der Waals surface area contributed by atoms with E-state index in [-0.39, 0.29) is 11.3 Å². The zero-order chi connectivity index (χ0) is 20.4. The van der Waals surface area contributed by atoms with Crippen molar-refractivity contribution in [3.05, 3.63) is 54.0 Å². The third kappa shape index (κ3) is 3.93. The molecule has 156 valence electrons. The first kappa shape index (κ1) is 19.1. The van der Waals surface area contributed by atoms with Crippen LogP contribution in [0.3, 0.4) is 0 Å². The van der Waals surface area contributed by atoms with Gasteiger partial charge in [-0.2, -0.15) is 15.4 Å². The van der Waals surface area contributed by atoms with Crippen molar-refractivity contribution < 1.29 is 9.53 Å². The lowest BCUT2D eigenvalue weighted by atomic mass is 9.80. The number of hydrogen-bond donors (Lipinski definition) is 1. The molecular formula is C22H26N6O2. The monoisotopic (exact) mass is 406 g/mol. The largest absolute Gasteiger partial charge is 0.379 e. The molecule has 1 N–H and O–H groups in total. The average molecular weight is 406 g/mol. The Hall–Kier alpha value is -2.84. The van der Waals surface area contributed by atoms with E-state index in [2.05, 4.69) is 25.3 Å². The highest BCUT2D eigenvalue weighted by Gasteiger charge is 2.40. The maximum atomic E-state index is 13.3. The van der Waals surface area contributed by atoms with Crippen LogP contribution in [0.15, 0.2) is 42.6 Å². The summed E-state index contributed by atoms with van der Waals surface area (Å²) in [6.45, 7) is 5.30. The molecule has 1 aromatic carbocycles. The molecule has 0 radical (unpaired) electrons. The summed E-state index contributed by atoms with van der Waals surface area (Å²) in [5.41, 5.74) is 2.23. The van der Waals surface area contributed by atoms with Crippen molar-refractivity contribution in [3.63, 3.8) is 0 Å². The first-order chi connectivity index (χ1) is 14.7. The van der Waals surface area contributed by atoms with E-state index < -0.39 is 0 Å². The van der Waals surface area contributed by atoms with Crippen LogP contribution in [0, 0.1) is 5.41 Å². The summed E-state index contributed by atoms with van der Waals surface area (Å²) < 4.78 is 5.99. The van der Waals surface area contributed by atoms with E-state index in [4.69, 9.17) is 4.74 Å². The number of carbonyl (C=O) groups excluding carboxylic acids is 1. The molecule has 2 aromatic heterocycles. The molecule has 2 aliphatic rings. The normalized spacial score (nSPS) is 23.0. The van der Waals surface area contributed by atoms with Gasteiger partial charge in [0.05, 0.1) is 30.6 Å². The molecule has 1 amide bonds. The molecule has 0 aliphatic carbocycles. The molecule has 2 aliphatic heterocycles. The zero-order valence-corrected chi connectivity index (χ0v) is 17.0. The number of aromatic amines is 1. The number of nitrogens with zero attached hydrogens (tertiary/aromatic N) is 5. The Balaban J connectivity index is 1.33. The van der Waals surface area contributed by atoms with E-state index in [1.54, 1.807) is 6.20 Å². The van der Waals surface area contributed by atoms with E-state index in [0.29, 0.717) is 25.5 Å².